The highest BCUT2D eigenvalue weighted by Gasteiger charge is 2.24. The zero-order valence-electron chi connectivity index (χ0n) is 72.9. The van der Waals surface area contributed by atoms with E-state index in [1.54, 1.807) is 0 Å². The Morgan fingerprint density at radius 3 is 0.777 bits per heavy atom. The minimum Gasteiger partial charge on any atom is -0.481 e. The summed E-state index contributed by atoms with van der Waals surface area (Å²) in [4.78, 5) is 190. The molecule has 8 amide bonds. The second-order valence-corrected chi connectivity index (χ2v) is 29.0. The van der Waals surface area contributed by atoms with E-state index in [0.717, 1.165) is 27.1 Å². The maximum atomic E-state index is 13.6. The molecule has 130 heavy (non-hydrogen) atoms. The monoisotopic (exact) mass is 1860 g/mol. The van der Waals surface area contributed by atoms with Crippen molar-refractivity contribution in [3.05, 3.63) is 60.2 Å². The van der Waals surface area contributed by atoms with Gasteiger partial charge in [0.1, 0.15) is 13.2 Å². The van der Waals surface area contributed by atoms with Gasteiger partial charge in [0.05, 0.1) is 260 Å². The fraction of sp³-hybridized carbons (Fsp3) is 0.639. The van der Waals surface area contributed by atoms with Crippen molar-refractivity contribution in [1.29, 1.82) is 0 Å². The van der Waals surface area contributed by atoms with E-state index in [1.165, 1.54) is 0 Å². The minimum absolute atomic E-state index is 0.00735. The Morgan fingerprint density at radius 1 is 0.292 bits per heavy atom. The Bertz CT molecular complexity index is 3760. The zero-order chi connectivity index (χ0) is 95.9. The summed E-state index contributed by atoms with van der Waals surface area (Å²) in [6.45, 7) is -2.17. The summed E-state index contributed by atoms with van der Waals surface area (Å²) >= 11 is 0. The summed E-state index contributed by atoms with van der Waals surface area (Å²) in [5.74, 6) is -12.5. The molecule has 0 heterocycles. The molecule has 0 spiro atoms. The van der Waals surface area contributed by atoms with Gasteiger partial charge < -0.3 is 155 Å². The largest absolute Gasteiger partial charge is 0.481 e. The van der Waals surface area contributed by atoms with E-state index >= 15 is 0 Å². The lowest BCUT2D eigenvalue weighted by Gasteiger charge is -2.21. The lowest BCUT2D eigenvalue weighted by Crippen LogP contribution is -2.44. The maximum Gasteiger partial charge on any atom is 0.407 e. The molecule has 0 aliphatic rings. The van der Waals surface area contributed by atoms with Crippen molar-refractivity contribution in [2.45, 2.75) is 146 Å². The van der Waals surface area contributed by atoms with Crippen molar-refractivity contribution in [2.24, 2.45) is 11.7 Å². The Kier molecular flexibility index (Phi) is 64.3. The molecule has 47 nitrogen and oxygen atoms in total. The van der Waals surface area contributed by atoms with Crippen LogP contribution >= 0.6 is 0 Å². The molecule has 3 aromatic rings. The number of rotatable bonds is 81. The van der Waals surface area contributed by atoms with E-state index in [4.69, 9.17) is 118 Å². The van der Waals surface area contributed by atoms with Gasteiger partial charge in [-0.25, -0.2) is 9.59 Å². The van der Waals surface area contributed by atoms with Crippen molar-refractivity contribution in [1.82, 2.24) is 37.2 Å². The lowest BCUT2D eigenvalue weighted by molar-refractivity contribution is -0.143. The number of hydrogen-bond acceptors (Lipinski definition) is 31. The molecule has 0 aliphatic carbocycles. The third-order valence-electron chi connectivity index (χ3n) is 17.2. The molecule has 0 aliphatic heterocycles. The first-order chi connectivity index (χ1) is 62.3. The number of hydrogen-bond donors (Lipinski definition) is 16. The van der Waals surface area contributed by atoms with Crippen LogP contribution in [-0.2, 0) is 150 Å². The number of amides is 8. The first-order valence-electron chi connectivity index (χ1n) is 41.9. The van der Waals surface area contributed by atoms with Crippen LogP contribution in [0.25, 0.3) is 21.5 Å². The number of alkyl carbamates (subject to hydrolysis) is 1. The Balaban J connectivity index is 0.00000322. The standard InChI is InChI=1S/C73H108N8O33.C10H18O6/c74-60(82)11-23-102-35-52(38-105-26-14-64(86)79-54(41-108-29-17-67(89)90)42-109-30-18-68(91)92)77-62(84)12-24-103-36-51(76-61(83)10-5-22-75-73(101)114-47-59-57-8-3-1-6-49(57)34-50-7-2-4-9-58(50)59)37-104-25-13-63(85)78-53(40-107-28-16-66(88)81-56(46-113-48-72(99)100)45-112-33-21-71(97)98)39-106-27-15-65(87)80-55(43-110-31-19-69(93)94)44-111-32-20-70(95)96;1-8(6-15-4-2-9(11)12)7-16-5-3-10(13)14/h1-4,6-9,34,51-56H,5,10-33,35-48H2,(H2,74,82)(H,75,101)(H,76,83)(H,77,84)(H,78,85)(H,79,86)(H,80,87)(H,81,88)(H,89,90)(H,91,92)(H,93,94)(H,95,96)(H,97,98)(H,99,100);8H,2-7H2,1H3,(H,11,12)(H,13,14). The van der Waals surface area contributed by atoms with Crippen LogP contribution in [0.4, 0.5) is 4.79 Å². The number of carboxylic acid groups (broad SMARTS) is 8. The molecule has 4 atom stereocenters. The van der Waals surface area contributed by atoms with Gasteiger partial charge in [0, 0.05) is 63.0 Å². The third-order valence-corrected chi connectivity index (χ3v) is 17.2. The van der Waals surface area contributed by atoms with Gasteiger partial charge in [0.2, 0.25) is 41.4 Å². The molecule has 0 fully saturated rings. The van der Waals surface area contributed by atoms with Gasteiger partial charge in [0.15, 0.2) is 0 Å². The highest BCUT2D eigenvalue weighted by molar-refractivity contribution is 6.02. The molecule has 0 aromatic heterocycles. The van der Waals surface area contributed by atoms with Crippen molar-refractivity contribution >= 4 is 117 Å². The molecule has 3 aromatic carbocycles. The van der Waals surface area contributed by atoms with Gasteiger partial charge >= 0.3 is 53.8 Å². The normalized spacial score (nSPS) is 12.1. The third kappa shape index (κ3) is 64.6. The second-order valence-electron chi connectivity index (χ2n) is 29.0. The summed E-state index contributed by atoms with van der Waals surface area (Å²) in [5.41, 5.74) is 6.08. The molecule has 732 valence electrons. The van der Waals surface area contributed by atoms with E-state index in [9.17, 15) is 76.7 Å². The van der Waals surface area contributed by atoms with E-state index in [0.29, 0.717) is 13.2 Å². The number of carbonyl (C=O) groups is 16. The quantitative estimate of drug-likeness (QED) is 0.0261. The van der Waals surface area contributed by atoms with Crippen LogP contribution in [0.15, 0.2) is 54.6 Å². The summed E-state index contributed by atoms with van der Waals surface area (Å²) in [5, 5.41) is 93.2. The van der Waals surface area contributed by atoms with Gasteiger partial charge in [-0.3, -0.25) is 67.1 Å². The fourth-order valence-electron chi connectivity index (χ4n) is 11.0. The smallest absolute Gasteiger partial charge is 0.407 e. The number of aliphatic carboxylic acids is 8. The maximum absolute atomic E-state index is 13.6. The number of nitrogens with two attached hydrogens (primary N) is 1. The number of benzene rings is 3. The average molecular weight is 1860 g/mol. The number of nitrogens with one attached hydrogen (secondary N) is 7. The molecule has 17 N–H and O–H groups in total. The minimum atomic E-state index is -1.28. The molecular formula is C83H126N8O39. The molecule has 0 bridgehead atoms. The van der Waals surface area contributed by atoms with Gasteiger partial charge in [-0.05, 0) is 34.0 Å². The van der Waals surface area contributed by atoms with Crippen LogP contribution in [0.1, 0.15) is 109 Å². The predicted octanol–water partition coefficient (Wildman–Crippen LogP) is -0.00350. The van der Waals surface area contributed by atoms with Crippen LogP contribution in [0, 0.1) is 5.92 Å². The molecule has 0 saturated carbocycles. The number of carbonyl (C=O) groups excluding carboxylic acids is 8. The number of fused-ring (bicyclic) bond motifs is 2. The summed E-state index contributed by atoms with van der Waals surface area (Å²) in [7, 11) is 0. The first-order valence-corrected chi connectivity index (χ1v) is 41.9. The highest BCUT2D eigenvalue weighted by atomic mass is 16.6. The molecule has 0 saturated heterocycles. The summed E-state index contributed by atoms with van der Waals surface area (Å²) in [6, 6.07) is 12.3. The SMILES string of the molecule is CC(COCCC(=O)O)COCCC(=O)O.NC(=O)CCOCC(COCCC(=O)NC(COCCC(=O)O)COCCC(=O)O)NC(=O)CCOCC(COCCC(=O)NC(COCCC(=O)NC(COCCC(=O)O)COCCC(=O)O)COCCC(=O)NC(COCCC(=O)O)COCC(=O)O)NC(=O)CCCNC(=O)OCc1c2ccccc2cc2ccccc12. The molecule has 3 rings (SSSR count). The van der Waals surface area contributed by atoms with Gasteiger partial charge in [-0.15, -0.1) is 0 Å². The van der Waals surface area contributed by atoms with E-state index in [2.05, 4.69) is 43.3 Å². The van der Waals surface area contributed by atoms with E-state index in [-0.39, 0.29) is 281 Å². The lowest BCUT2D eigenvalue weighted by atomic mass is 9.97. The molecule has 47 heteroatoms. The molecule has 4 unspecified atom stereocenters. The van der Waals surface area contributed by atoms with Crippen molar-refractivity contribution < 1.29 is 189 Å². The van der Waals surface area contributed by atoms with Gasteiger partial charge in [-0.2, -0.15) is 0 Å². The molecule has 0 radical (unpaired) electrons. The Hall–Kier alpha value is -11.1. The predicted molar refractivity (Wildman–Crippen MR) is 451 cm³/mol. The summed E-state index contributed by atoms with van der Waals surface area (Å²) < 4.78 is 82.3. The van der Waals surface area contributed by atoms with Crippen LogP contribution in [0.3, 0.4) is 0 Å². The van der Waals surface area contributed by atoms with Gasteiger partial charge in [-0.1, -0.05) is 55.5 Å². The Labute approximate surface area is 749 Å². The van der Waals surface area contributed by atoms with Crippen LogP contribution < -0.4 is 43.0 Å². The van der Waals surface area contributed by atoms with E-state index < -0.39 is 138 Å². The van der Waals surface area contributed by atoms with Crippen molar-refractivity contribution in [3.8, 4) is 0 Å². The van der Waals surface area contributed by atoms with E-state index in [1.807, 2.05) is 55.5 Å². The number of primary amides is 1. The van der Waals surface area contributed by atoms with Crippen molar-refractivity contribution in [2.75, 3.05) is 192 Å². The number of carboxylic acids is 8. The average Bonchev–Trinajstić information content (AvgIpc) is 0.777. The highest BCUT2D eigenvalue weighted by Crippen LogP contribution is 2.29. The topological polar surface area (TPSA) is 684 Å². The number of ether oxygens (including phenoxy) is 15. The van der Waals surface area contributed by atoms with Crippen LogP contribution in [0.2, 0.25) is 0 Å². The first kappa shape index (κ1) is 115. The Morgan fingerprint density at radius 2 is 0.523 bits per heavy atom. The van der Waals surface area contributed by atoms with Crippen LogP contribution in [-0.4, -0.2) is 364 Å². The fourth-order valence-corrected chi connectivity index (χ4v) is 11.0. The van der Waals surface area contributed by atoms with Crippen LogP contribution in [0.5, 0.6) is 0 Å². The second kappa shape index (κ2) is 72.7. The molecular weight excluding hydrogens is 1730 g/mol. The zero-order valence-corrected chi connectivity index (χ0v) is 72.9. The summed E-state index contributed by atoms with van der Waals surface area (Å²) in [6.07, 6.45) is -3.67. The van der Waals surface area contributed by atoms with Crippen molar-refractivity contribution in [3.63, 3.8) is 0 Å². The van der Waals surface area contributed by atoms with Gasteiger partial charge in [0.25, 0.3) is 0 Å².